The van der Waals surface area contributed by atoms with E-state index in [0.717, 1.165) is 0 Å². The van der Waals surface area contributed by atoms with Crippen molar-refractivity contribution in [3.63, 3.8) is 0 Å². The van der Waals surface area contributed by atoms with Crippen LogP contribution in [0, 0.1) is 0 Å². The largest absolute Gasteiger partial charge is 0.444 e. The SMILES string of the molecule is CC(C)(CNC(=O)OC(C)(C)C)NCCO. The van der Waals surface area contributed by atoms with Crippen molar-refractivity contribution in [3.8, 4) is 0 Å². The first-order valence-corrected chi connectivity index (χ1v) is 5.49. The summed E-state index contributed by atoms with van der Waals surface area (Å²) in [6, 6.07) is 0. The first-order valence-electron chi connectivity index (χ1n) is 5.49. The number of rotatable bonds is 5. The van der Waals surface area contributed by atoms with Crippen molar-refractivity contribution < 1.29 is 14.6 Å². The number of hydrogen-bond acceptors (Lipinski definition) is 4. The second kappa shape index (κ2) is 6.06. The fourth-order valence-electron chi connectivity index (χ4n) is 1.06. The van der Waals surface area contributed by atoms with Crippen LogP contribution in [0.5, 0.6) is 0 Å². The third-order valence-corrected chi connectivity index (χ3v) is 1.79. The Morgan fingerprint density at radius 3 is 2.25 bits per heavy atom. The Balaban J connectivity index is 3.90. The van der Waals surface area contributed by atoms with Crippen LogP contribution in [0.2, 0.25) is 0 Å². The predicted octanol–water partition coefficient (Wildman–Crippen LogP) is 0.872. The smallest absolute Gasteiger partial charge is 0.407 e. The molecule has 0 aliphatic carbocycles. The summed E-state index contributed by atoms with van der Waals surface area (Å²) in [6.45, 7) is 10.4. The van der Waals surface area contributed by atoms with Crippen molar-refractivity contribution in [2.24, 2.45) is 0 Å². The normalized spacial score (nSPS) is 12.4. The maximum absolute atomic E-state index is 11.4. The molecule has 0 bridgehead atoms. The Labute approximate surface area is 97.6 Å². The lowest BCUT2D eigenvalue weighted by atomic mass is 10.1. The van der Waals surface area contributed by atoms with E-state index in [1.807, 2.05) is 34.6 Å². The molecule has 3 N–H and O–H groups in total. The van der Waals surface area contributed by atoms with Gasteiger partial charge in [0.15, 0.2) is 0 Å². The molecule has 96 valence electrons. The average molecular weight is 232 g/mol. The van der Waals surface area contributed by atoms with Crippen molar-refractivity contribution in [3.05, 3.63) is 0 Å². The summed E-state index contributed by atoms with van der Waals surface area (Å²) in [5.74, 6) is 0. The highest BCUT2D eigenvalue weighted by Gasteiger charge is 2.20. The highest BCUT2D eigenvalue weighted by molar-refractivity contribution is 5.67. The van der Waals surface area contributed by atoms with Gasteiger partial charge in [0.2, 0.25) is 0 Å². The van der Waals surface area contributed by atoms with Gasteiger partial charge in [-0.25, -0.2) is 4.79 Å². The molecule has 0 saturated carbocycles. The molecular weight excluding hydrogens is 208 g/mol. The zero-order valence-electron chi connectivity index (χ0n) is 10.9. The number of aliphatic hydroxyl groups is 1. The predicted molar refractivity (Wildman–Crippen MR) is 63.4 cm³/mol. The minimum absolute atomic E-state index is 0.0792. The molecule has 0 rings (SSSR count). The van der Waals surface area contributed by atoms with Gasteiger partial charge in [-0.1, -0.05) is 0 Å². The number of carbonyl (C=O) groups excluding carboxylic acids is 1. The number of carbonyl (C=O) groups is 1. The van der Waals surface area contributed by atoms with Crippen LogP contribution < -0.4 is 10.6 Å². The van der Waals surface area contributed by atoms with E-state index < -0.39 is 11.7 Å². The van der Waals surface area contributed by atoms with Gasteiger partial charge in [-0.3, -0.25) is 0 Å². The molecule has 16 heavy (non-hydrogen) atoms. The molecule has 0 aliphatic rings. The fraction of sp³-hybridized carbons (Fsp3) is 0.909. The van der Waals surface area contributed by atoms with E-state index in [2.05, 4.69) is 10.6 Å². The molecule has 5 nitrogen and oxygen atoms in total. The Kier molecular flexibility index (Phi) is 5.75. The van der Waals surface area contributed by atoms with Gasteiger partial charge in [0, 0.05) is 18.6 Å². The van der Waals surface area contributed by atoms with Gasteiger partial charge in [0.1, 0.15) is 5.60 Å². The van der Waals surface area contributed by atoms with Crippen LogP contribution >= 0.6 is 0 Å². The van der Waals surface area contributed by atoms with Gasteiger partial charge >= 0.3 is 6.09 Å². The van der Waals surface area contributed by atoms with Crippen LogP contribution in [0.25, 0.3) is 0 Å². The molecule has 0 aromatic rings. The van der Waals surface area contributed by atoms with E-state index in [1.165, 1.54) is 0 Å². The van der Waals surface area contributed by atoms with Crippen LogP contribution in [0.15, 0.2) is 0 Å². The number of amides is 1. The Bertz CT molecular complexity index is 222. The van der Waals surface area contributed by atoms with Crippen molar-refractivity contribution in [2.45, 2.75) is 45.8 Å². The number of aliphatic hydroxyl groups excluding tert-OH is 1. The fourth-order valence-corrected chi connectivity index (χ4v) is 1.06. The molecule has 0 aliphatic heterocycles. The standard InChI is InChI=1S/C11H24N2O3/c1-10(2,3)16-9(15)12-8-11(4,5)13-6-7-14/h13-14H,6-8H2,1-5H3,(H,12,15). The Hall–Kier alpha value is -0.810. The summed E-state index contributed by atoms with van der Waals surface area (Å²) in [4.78, 5) is 11.4. The van der Waals surface area contributed by atoms with E-state index in [4.69, 9.17) is 9.84 Å². The van der Waals surface area contributed by atoms with Gasteiger partial charge in [-0.05, 0) is 34.6 Å². The molecule has 5 heteroatoms. The molecule has 0 aromatic carbocycles. The average Bonchev–Trinajstić information content (AvgIpc) is 2.09. The molecule has 0 saturated heterocycles. The molecule has 0 atom stereocenters. The number of nitrogens with one attached hydrogen (secondary N) is 2. The quantitative estimate of drug-likeness (QED) is 0.658. The van der Waals surface area contributed by atoms with E-state index >= 15 is 0 Å². The molecule has 0 radical (unpaired) electrons. The van der Waals surface area contributed by atoms with Crippen LogP contribution in [0.4, 0.5) is 4.79 Å². The van der Waals surface area contributed by atoms with Gasteiger partial charge in [0.05, 0.1) is 6.61 Å². The summed E-state index contributed by atoms with van der Waals surface area (Å²) < 4.78 is 5.11. The van der Waals surface area contributed by atoms with Gasteiger partial charge in [0.25, 0.3) is 0 Å². The number of hydrogen-bond donors (Lipinski definition) is 3. The summed E-state index contributed by atoms with van der Waals surface area (Å²) in [6.07, 6.45) is -0.425. The van der Waals surface area contributed by atoms with Gasteiger partial charge in [-0.15, -0.1) is 0 Å². The zero-order chi connectivity index (χ0) is 12.8. The van der Waals surface area contributed by atoms with Gasteiger partial charge < -0.3 is 20.5 Å². The molecule has 0 unspecified atom stereocenters. The van der Waals surface area contributed by atoms with E-state index in [-0.39, 0.29) is 12.1 Å². The van der Waals surface area contributed by atoms with Crippen LogP contribution in [-0.4, -0.2) is 42.0 Å². The van der Waals surface area contributed by atoms with Crippen LogP contribution in [-0.2, 0) is 4.74 Å². The third-order valence-electron chi connectivity index (χ3n) is 1.79. The molecule has 0 fully saturated rings. The zero-order valence-corrected chi connectivity index (χ0v) is 10.9. The monoisotopic (exact) mass is 232 g/mol. The first kappa shape index (κ1) is 15.2. The van der Waals surface area contributed by atoms with Crippen molar-refractivity contribution >= 4 is 6.09 Å². The van der Waals surface area contributed by atoms with Crippen LogP contribution in [0.1, 0.15) is 34.6 Å². The highest BCUT2D eigenvalue weighted by atomic mass is 16.6. The lowest BCUT2D eigenvalue weighted by Crippen LogP contribution is -2.50. The maximum Gasteiger partial charge on any atom is 0.407 e. The molecule has 0 spiro atoms. The second-order valence-corrected chi connectivity index (χ2v) is 5.39. The third kappa shape index (κ3) is 8.49. The number of ether oxygens (including phenoxy) is 1. The summed E-state index contributed by atoms with van der Waals surface area (Å²) in [5.41, 5.74) is -0.744. The summed E-state index contributed by atoms with van der Waals surface area (Å²) >= 11 is 0. The first-order chi connectivity index (χ1) is 7.16. The van der Waals surface area contributed by atoms with E-state index in [1.54, 1.807) is 0 Å². The van der Waals surface area contributed by atoms with Gasteiger partial charge in [-0.2, -0.15) is 0 Å². The summed E-state index contributed by atoms with van der Waals surface area (Å²) in [7, 11) is 0. The van der Waals surface area contributed by atoms with Crippen LogP contribution in [0.3, 0.4) is 0 Å². The second-order valence-electron chi connectivity index (χ2n) is 5.39. The molecule has 0 heterocycles. The lowest BCUT2D eigenvalue weighted by Gasteiger charge is -2.27. The lowest BCUT2D eigenvalue weighted by molar-refractivity contribution is 0.0513. The molecule has 0 aromatic heterocycles. The topological polar surface area (TPSA) is 70.6 Å². The maximum atomic E-state index is 11.4. The van der Waals surface area contributed by atoms with Crippen molar-refractivity contribution in [1.29, 1.82) is 0 Å². The van der Waals surface area contributed by atoms with E-state index in [9.17, 15) is 4.79 Å². The summed E-state index contributed by atoms with van der Waals surface area (Å²) in [5, 5.41) is 14.5. The van der Waals surface area contributed by atoms with E-state index in [0.29, 0.717) is 13.1 Å². The molecule has 1 amide bonds. The molecular formula is C11H24N2O3. The van der Waals surface area contributed by atoms with Crippen molar-refractivity contribution in [1.82, 2.24) is 10.6 Å². The Morgan fingerprint density at radius 2 is 1.81 bits per heavy atom. The number of β-amino-alcohol motifs (C(OH)–C–C–N with tert-alkyl or cyclic N) is 1. The highest BCUT2D eigenvalue weighted by Crippen LogP contribution is 2.07. The minimum Gasteiger partial charge on any atom is -0.444 e. The van der Waals surface area contributed by atoms with Crippen molar-refractivity contribution in [2.75, 3.05) is 19.7 Å². The Morgan fingerprint density at radius 1 is 1.25 bits per heavy atom. The number of alkyl carbamates (subject to hydrolysis) is 1. The minimum atomic E-state index is -0.479.